The maximum atomic E-state index is 12.6. The van der Waals surface area contributed by atoms with Crippen molar-refractivity contribution < 1.29 is 8.42 Å². The standard InChI is InChI=1S/C16H18BrNO2S/c1-10-6-5-7-15(13(10)4)18-21(19,20)16-9-11(2)14(17)8-12(16)3/h5-9,18H,1-4H3. The first-order valence-electron chi connectivity index (χ1n) is 6.58. The summed E-state index contributed by atoms with van der Waals surface area (Å²) in [6.07, 6.45) is 0. The van der Waals surface area contributed by atoms with Gasteiger partial charge in [-0.25, -0.2) is 8.42 Å². The van der Waals surface area contributed by atoms with Gasteiger partial charge in [-0.3, -0.25) is 4.72 Å². The molecule has 0 fully saturated rings. The molecule has 112 valence electrons. The van der Waals surface area contributed by atoms with Crippen molar-refractivity contribution in [2.75, 3.05) is 4.72 Å². The molecule has 0 heterocycles. The van der Waals surface area contributed by atoms with E-state index in [1.807, 2.05) is 39.0 Å². The number of benzene rings is 2. The van der Waals surface area contributed by atoms with E-state index in [4.69, 9.17) is 0 Å². The van der Waals surface area contributed by atoms with Crippen LogP contribution in [0.5, 0.6) is 0 Å². The van der Waals surface area contributed by atoms with Gasteiger partial charge in [0.05, 0.1) is 10.6 Å². The normalized spacial score (nSPS) is 11.5. The Labute approximate surface area is 134 Å². The lowest BCUT2D eigenvalue weighted by Crippen LogP contribution is -2.15. The highest BCUT2D eigenvalue weighted by atomic mass is 79.9. The van der Waals surface area contributed by atoms with Gasteiger partial charge in [0.15, 0.2) is 0 Å². The molecule has 2 aromatic rings. The highest BCUT2D eigenvalue weighted by molar-refractivity contribution is 9.10. The third-order valence-corrected chi connectivity index (χ3v) is 5.96. The van der Waals surface area contributed by atoms with Crippen LogP contribution in [0.15, 0.2) is 39.7 Å². The zero-order valence-electron chi connectivity index (χ0n) is 12.5. The second kappa shape index (κ2) is 5.81. The molecule has 1 N–H and O–H groups in total. The number of hydrogen-bond donors (Lipinski definition) is 1. The molecule has 2 rings (SSSR count). The maximum absolute atomic E-state index is 12.6. The summed E-state index contributed by atoms with van der Waals surface area (Å²) >= 11 is 3.42. The Morgan fingerprint density at radius 2 is 1.62 bits per heavy atom. The summed E-state index contributed by atoms with van der Waals surface area (Å²) in [4.78, 5) is 0.309. The molecule has 0 amide bonds. The first-order valence-corrected chi connectivity index (χ1v) is 8.86. The van der Waals surface area contributed by atoms with Crippen LogP contribution in [0.2, 0.25) is 0 Å². The van der Waals surface area contributed by atoms with Crippen molar-refractivity contribution >= 4 is 31.6 Å². The Balaban J connectivity index is 2.48. The van der Waals surface area contributed by atoms with E-state index in [0.29, 0.717) is 16.1 Å². The van der Waals surface area contributed by atoms with E-state index in [0.717, 1.165) is 21.2 Å². The minimum atomic E-state index is -3.59. The summed E-state index contributed by atoms with van der Waals surface area (Å²) in [5.74, 6) is 0. The Morgan fingerprint density at radius 3 is 2.29 bits per heavy atom. The Bertz CT molecular complexity index is 798. The third kappa shape index (κ3) is 3.30. The van der Waals surface area contributed by atoms with Crippen LogP contribution in [0, 0.1) is 27.7 Å². The van der Waals surface area contributed by atoms with Gasteiger partial charge in [0.25, 0.3) is 10.0 Å². The molecule has 5 heteroatoms. The Morgan fingerprint density at radius 1 is 0.952 bits per heavy atom. The monoisotopic (exact) mass is 367 g/mol. The van der Waals surface area contributed by atoms with Crippen molar-refractivity contribution in [3.63, 3.8) is 0 Å². The van der Waals surface area contributed by atoms with Crippen LogP contribution in [-0.4, -0.2) is 8.42 Å². The number of aryl methyl sites for hydroxylation is 3. The van der Waals surface area contributed by atoms with Gasteiger partial charge in [0, 0.05) is 4.47 Å². The van der Waals surface area contributed by atoms with Crippen molar-refractivity contribution in [3.8, 4) is 0 Å². The number of rotatable bonds is 3. The van der Waals surface area contributed by atoms with Crippen LogP contribution in [-0.2, 0) is 10.0 Å². The van der Waals surface area contributed by atoms with E-state index in [2.05, 4.69) is 20.7 Å². The SMILES string of the molecule is Cc1cc(S(=O)(=O)Nc2cccc(C)c2C)c(C)cc1Br. The Kier molecular flexibility index (Phi) is 4.44. The van der Waals surface area contributed by atoms with Gasteiger partial charge in [-0.15, -0.1) is 0 Å². The molecule has 2 aromatic carbocycles. The van der Waals surface area contributed by atoms with Gasteiger partial charge in [0.1, 0.15) is 0 Å². The van der Waals surface area contributed by atoms with Gasteiger partial charge in [-0.2, -0.15) is 0 Å². The van der Waals surface area contributed by atoms with Crippen LogP contribution in [0.25, 0.3) is 0 Å². The lowest BCUT2D eigenvalue weighted by molar-refractivity contribution is 0.600. The number of hydrogen-bond acceptors (Lipinski definition) is 2. The van der Waals surface area contributed by atoms with E-state index in [9.17, 15) is 8.42 Å². The predicted octanol–water partition coefficient (Wildman–Crippen LogP) is 4.48. The van der Waals surface area contributed by atoms with E-state index >= 15 is 0 Å². The molecule has 3 nitrogen and oxygen atoms in total. The summed E-state index contributed by atoms with van der Waals surface area (Å²) in [6.45, 7) is 7.54. The maximum Gasteiger partial charge on any atom is 0.262 e. The van der Waals surface area contributed by atoms with Crippen LogP contribution >= 0.6 is 15.9 Å². The molecule has 0 aliphatic carbocycles. The number of nitrogens with one attached hydrogen (secondary N) is 1. The summed E-state index contributed by atoms with van der Waals surface area (Å²) in [7, 11) is -3.59. The smallest absolute Gasteiger partial charge is 0.262 e. The number of sulfonamides is 1. The molecule has 0 saturated carbocycles. The lowest BCUT2D eigenvalue weighted by Gasteiger charge is -2.14. The van der Waals surface area contributed by atoms with Crippen molar-refractivity contribution in [2.24, 2.45) is 0 Å². The first-order chi connectivity index (χ1) is 9.72. The fourth-order valence-corrected chi connectivity index (χ4v) is 4.00. The summed E-state index contributed by atoms with van der Waals surface area (Å²) < 4.78 is 28.8. The average molecular weight is 368 g/mol. The fourth-order valence-electron chi connectivity index (χ4n) is 2.11. The molecule has 0 aliphatic heterocycles. The molecule has 0 atom stereocenters. The van der Waals surface area contributed by atoms with Crippen LogP contribution in [0.3, 0.4) is 0 Å². The molecular formula is C16H18BrNO2S. The van der Waals surface area contributed by atoms with Gasteiger partial charge in [0.2, 0.25) is 0 Å². The first kappa shape index (κ1) is 16.0. The zero-order chi connectivity index (χ0) is 15.8. The summed E-state index contributed by atoms with van der Waals surface area (Å²) in [5.41, 5.74) is 4.22. The van der Waals surface area contributed by atoms with Gasteiger partial charge in [-0.1, -0.05) is 28.1 Å². The quantitative estimate of drug-likeness (QED) is 0.868. The second-order valence-corrected chi connectivity index (χ2v) is 7.73. The molecule has 0 saturated heterocycles. The zero-order valence-corrected chi connectivity index (χ0v) is 14.9. The highest BCUT2D eigenvalue weighted by Gasteiger charge is 2.19. The fraction of sp³-hybridized carbons (Fsp3) is 0.250. The van der Waals surface area contributed by atoms with Crippen molar-refractivity contribution in [2.45, 2.75) is 32.6 Å². The van der Waals surface area contributed by atoms with Gasteiger partial charge < -0.3 is 0 Å². The molecular weight excluding hydrogens is 350 g/mol. The number of anilines is 1. The average Bonchev–Trinajstić information content (AvgIpc) is 2.39. The molecule has 0 radical (unpaired) electrons. The molecule has 0 aliphatic rings. The summed E-state index contributed by atoms with van der Waals surface area (Å²) in [5, 5.41) is 0. The largest absolute Gasteiger partial charge is 0.279 e. The van der Waals surface area contributed by atoms with Crippen molar-refractivity contribution in [3.05, 3.63) is 57.1 Å². The van der Waals surface area contributed by atoms with Crippen LogP contribution < -0.4 is 4.72 Å². The van der Waals surface area contributed by atoms with Crippen LogP contribution in [0.1, 0.15) is 22.3 Å². The molecule has 0 spiro atoms. The Hall–Kier alpha value is -1.33. The topological polar surface area (TPSA) is 46.2 Å². The third-order valence-electron chi connectivity index (χ3n) is 3.59. The molecule has 21 heavy (non-hydrogen) atoms. The van der Waals surface area contributed by atoms with Gasteiger partial charge in [-0.05, 0) is 68.1 Å². The second-order valence-electron chi connectivity index (χ2n) is 5.22. The van der Waals surface area contributed by atoms with Crippen molar-refractivity contribution in [1.29, 1.82) is 0 Å². The molecule has 0 unspecified atom stereocenters. The summed E-state index contributed by atoms with van der Waals surface area (Å²) in [6, 6.07) is 9.10. The van der Waals surface area contributed by atoms with Crippen LogP contribution in [0.4, 0.5) is 5.69 Å². The molecule has 0 aromatic heterocycles. The van der Waals surface area contributed by atoms with Crippen molar-refractivity contribution in [1.82, 2.24) is 0 Å². The van der Waals surface area contributed by atoms with E-state index in [1.165, 1.54) is 0 Å². The minimum absolute atomic E-state index is 0.309. The highest BCUT2D eigenvalue weighted by Crippen LogP contribution is 2.27. The number of halogens is 1. The van der Waals surface area contributed by atoms with E-state index < -0.39 is 10.0 Å². The minimum Gasteiger partial charge on any atom is -0.279 e. The lowest BCUT2D eigenvalue weighted by atomic mass is 10.1. The van der Waals surface area contributed by atoms with E-state index in [-0.39, 0.29) is 0 Å². The molecule has 0 bridgehead atoms. The van der Waals surface area contributed by atoms with E-state index in [1.54, 1.807) is 19.1 Å². The predicted molar refractivity (Wildman–Crippen MR) is 90.3 cm³/mol. The van der Waals surface area contributed by atoms with Gasteiger partial charge >= 0.3 is 0 Å².